The third-order valence-electron chi connectivity index (χ3n) is 4.27. The van der Waals surface area contributed by atoms with Gasteiger partial charge in [-0.25, -0.2) is 8.42 Å². The lowest BCUT2D eigenvalue weighted by Gasteiger charge is -2.27. The minimum Gasteiger partial charge on any atom is -0.339 e. The summed E-state index contributed by atoms with van der Waals surface area (Å²) in [5.74, 6) is 1.63. The molecule has 0 aromatic carbocycles. The number of pyridine rings is 1. The standard InChI is InChI=1S/C16H16BrN5O2S2/c17-14-12(4-8-25-14)11-22-15(13-3-1-2-5-18-13)19-20-16(22)21-6-9-26(23,24)10-7-21/h1-5,8H,6-7,9-11H2. The van der Waals surface area contributed by atoms with Gasteiger partial charge in [0.25, 0.3) is 0 Å². The van der Waals surface area contributed by atoms with E-state index in [9.17, 15) is 8.42 Å². The zero-order chi connectivity index (χ0) is 18.1. The van der Waals surface area contributed by atoms with Crippen molar-refractivity contribution in [3.8, 4) is 11.5 Å². The Kier molecular flexibility index (Phi) is 4.80. The second-order valence-corrected chi connectivity index (χ2v) is 10.5. The lowest BCUT2D eigenvalue weighted by Crippen LogP contribution is -2.41. The fraction of sp³-hybridized carbons (Fsp3) is 0.312. The quantitative estimate of drug-likeness (QED) is 0.603. The van der Waals surface area contributed by atoms with E-state index in [0.717, 1.165) is 15.0 Å². The molecule has 3 aromatic heterocycles. The van der Waals surface area contributed by atoms with Gasteiger partial charge in [0.2, 0.25) is 5.95 Å². The molecule has 1 aliphatic rings. The van der Waals surface area contributed by atoms with Gasteiger partial charge in [0.1, 0.15) is 5.69 Å². The van der Waals surface area contributed by atoms with E-state index >= 15 is 0 Å². The number of thiophene rings is 1. The molecule has 0 amide bonds. The first-order valence-electron chi connectivity index (χ1n) is 8.05. The number of nitrogens with zero attached hydrogens (tertiary/aromatic N) is 5. The number of aromatic nitrogens is 4. The molecule has 0 bridgehead atoms. The lowest BCUT2D eigenvalue weighted by molar-refractivity contribution is 0.584. The maximum atomic E-state index is 11.8. The summed E-state index contributed by atoms with van der Waals surface area (Å²) in [7, 11) is -2.96. The molecule has 0 radical (unpaired) electrons. The molecule has 0 aliphatic carbocycles. The monoisotopic (exact) mass is 453 g/mol. The fourth-order valence-electron chi connectivity index (χ4n) is 2.87. The van der Waals surface area contributed by atoms with Gasteiger partial charge in [-0.15, -0.1) is 21.5 Å². The van der Waals surface area contributed by atoms with Crippen molar-refractivity contribution in [1.82, 2.24) is 19.7 Å². The third kappa shape index (κ3) is 3.53. The maximum absolute atomic E-state index is 11.8. The molecule has 3 aromatic rings. The minimum absolute atomic E-state index is 0.140. The van der Waals surface area contributed by atoms with Crippen LogP contribution >= 0.6 is 27.3 Å². The summed E-state index contributed by atoms with van der Waals surface area (Å²) >= 11 is 5.21. The first-order valence-corrected chi connectivity index (χ1v) is 11.5. The van der Waals surface area contributed by atoms with Crippen LogP contribution in [0, 0.1) is 0 Å². The second kappa shape index (κ2) is 7.09. The van der Waals surface area contributed by atoms with E-state index in [4.69, 9.17) is 0 Å². The summed E-state index contributed by atoms with van der Waals surface area (Å²) in [5, 5.41) is 10.7. The van der Waals surface area contributed by atoms with Crippen molar-refractivity contribution in [1.29, 1.82) is 0 Å². The van der Waals surface area contributed by atoms with Crippen LogP contribution in [0.25, 0.3) is 11.5 Å². The number of hydrogen-bond acceptors (Lipinski definition) is 7. The maximum Gasteiger partial charge on any atom is 0.227 e. The Morgan fingerprint density at radius 3 is 2.62 bits per heavy atom. The largest absolute Gasteiger partial charge is 0.339 e. The Hall–Kier alpha value is -1.78. The van der Waals surface area contributed by atoms with Gasteiger partial charge >= 0.3 is 0 Å². The molecule has 7 nitrogen and oxygen atoms in total. The van der Waals surface area contributed by atoms with Crippen LogP contribution in [0.15, 0.2) is 39.6 Å². The Labute approximate surface area is 163 Å². The Bertz CT molecular complexity index is 1000. The molecular weight excluding hydrogens is 438 g/mol. The van der Waals surface area contributed by atoms with Crippen molar-refractivity contribution in [2.24, 2.45) is 0 Å². The first kappa shape index (κ1) is 17.6. The van der Waals surface area contributed by atoms with Gasteiger partial charge in [-0.3, -0.25) is 9.55 Å². The molecular formula is C16H16BrN5O2S2. The topological polar surface area (TPSA) is 81.0 Å². The number of anilines is 1. The third-order valence-corrected chi connectivity index (χ3v) is 7.69. The van der Waals surface area contributed by atoms with Crippen LogP contribution < -0.4 is 4.90 Å². The number of sulfone groups is 1. The zero-order valence-electron chi connectivity index (χ0n) is 13.7. The normalized spacial score (nSPS) is 16.7. The smallest absolute Gasteiger partial charge is 0.227 e. The molecule has 0 atom stereocenters. The molecule has 10 heteroatoms. The first-order chi connectivity index (χ1) is 12.5. The Morgan fingerprint density at radius 1 is 1.15 bits per heavy atom. The van der Waals surface area contributed by atoms with E-state index in [1.54, 1.807) is 17.5 Å². The Balaban J connectivity index is 1.74. The van der Waals surface area contributed by atoms with Crippen LogP contribution in [-0.4, -0.2) is 52.8 Å². The average Bonchev–Trinajstić information content (AvgIpc) is 3.23. The average molecular weight is 454 g/mol. The molecule has 1 fully saturated rings. The highest BCUT2D eigenvalue weighted by Gasteiger charge is 2.27. The molecule has 4 heterocycles. The SMILES string of the molecule is O=S1(=O)CCN(c2nnc(-c3ccccn3)n2Cc2ccsc2Br)CC1. The van der Waals surface area contributed by atoms with E-state index in [1.165, 1.54) is 0 Å². The van der Waals surface area contributed by atoms with Gasteiger partial charge in [0.15, 0.2) is 15.7 Å². The van der Waals surface area contributed by atoms with Crippen molar-refractivity contribution < 1.29 is 8.42 Å². The van der Waals surface area contributed by atoms with Gasteiger partial charge in [-0.2, -0.15) is 0 Å². The van der Waals surface area contributed by atoms with Gasteiger partial charge in [-0.1, -0.05) is 6.07 Å². The lowest BCUT2D eigenvalue weighted by atomic mass is 10.3. The highest BCUT2D eigenvalue weighted by atomic mass is 79.9. The number of rotatable bonds is 4. The van der Waals surface area contributed by atoms with E-state index in [0.29, 0.717) is 31.4 Å². The highest BCUT2D eigenvalue weighted by molar-refractivity contribution is 9.11. The molecule has 136 valence electrons. The number of hydrogen-bond donors (Lipinski definition) is 0. The zero-order valence-corrected chi connectivity index (χ0v) is 17.0. The van der Waals surface area contributed by atoms with Crippen molar-refractivity contribution in [3.05, 3.63) is 45.2 Å². The van der Waals surface area contributed by atoms with E-state index in [-0.39, 0.29) is 11.5 Å². The van der Waals surface area contributed by atoms with Crippen LogP contribution in [0.3, 0.4) is 0 Å². The van der Waals surface area contributed by atoms with Gasteiger partial charge in [0, 0.05) is 19.3 Å². The van der Waals surface area contributed by atoms with Gasteiger partial charge in [0.05, 0.1) is 21.8 Å². The van der Waals surface area contributed by atoms with Crippen LogP contribution in [0.5, 0.6) is 0 Å². The summed E-state index contributed by atoms with van der Waals surface area (Å²) in [5.41, 5.74) is 1.86. The molecule has 1 saturated heterocycles. The summed E-state index contributed by atoms with van der Waals surface area (Å²) in [6.07, 6.45) is 1.72. The molecule has 0 unspecified atom stereocenters. The summed E-state index contributed by atoms with van der Waals surface area (Å²) < 4.78 is 26.6. The fourth-order valence-corrected chi connectivity index (χ4v) is 5.29. The van der Waals surface area contributed by atoms with Crippen LogP contribution in [-0.2, 0) is 16.4 Å². The molecule has 26 heavy (non-hydrogen) atoms. The van der Waals surface area contributed by atoms with Crippen molar-refractivity contribution in [2.45, 2.75) is 6.54 Å². The van der Waals surface area contributed by atoms with Gasteiger partial charge in [-0.05, 0) is 45.1 Å². The minimum atomic E-state index is -2.96. The number of halogens is 1. The summed E-state index contributed by atoms with van der Waals surface area (Å²) in [4.78, 5) is 6.38. The van der Waals surface area contributed by atoms with Crippen molar-refractivity contribution >= 4 is 43.1 Å². The van der Waals surface area contributed by atoms with Crippen LogP contribution in [0.2, 0.25) is 0 Å². The second-order valence-electron chi connectivity index (χ2n) is 5.98. The predicted octanol–water partition coefficient (Wildman–Crippen LogP) is 2.45. The van der Waals surface area contributed by atoms with Gasteiger partial charge < -0.3 is 4.90 Å². The molecule has 0 N–H and O–H groups in total. The summed E-state index contributed by atoms with van der Waals surface area (Å²) in [6.45, 7) is 1.43. The predicted molar refractivity (Wildman–Crippen MR) is 105 cm³/mol. The van der Waals surface area contributed by atoms with E-state index in [1.807, 2.05) is 33.0 Å². The van der Waals surface area contributed by atoms with Crippen molar-refractivity contribution in [3.63, 3.8) is 0 Å². The van der Waals surface area contributed by atoms with E-state index in [2.05, 4.69) is 37.2 Å². The molecule has 0 saturated carbocycles. The van der Waals surface area contributed by atoms with Crippen LogP contribution in [0.4, 0.5) is 5.95 Å². The van der Waals surface area contributed by atoms with E-state index < -0.39 is 9.84 Å². The molecule has 4 rings (SSSR count). The van der Waals surface area contributed by atoms with Crippen LogP contribution in [0.1, 0.15) is 5.56 Å². The Morgan fingerprint density at radius 2 is 1.96 bits per heavy atom. The molecule has 1 aliphatic heterocycles. The van der Waals surface area contributed by atoms with Crippen molar-refractivity contribution in [2.75, 3.05) is 29.5 Å². The summed E-state index contributed by atoms with van der Waals surface area (Å²) in [6, 6.07) is 7.72. The molecule has 0 spiro atoms. The highest BCUT2D eigenvalue weighted by Crippen LogP contribution is 2.29.